The summed E-state index contributed by atoms with van der Waals surface area (Å²) in [4.78, 5) is 8.07. The predicted molar refractivity (Wildman–Crippen MR) is 51.8 cm³/mol. The Morgan fingerprint density at radius 3 is 2.85 bits per heavy atom. The van der Waals surface area contributed by atoms with E-state index in [0.29, 0.717) is 0 Å². The van der Waals surface area contributed by atoms with Crippen molar-refractivity contribution in [3.8, 4) is 5.82 Å². The fourth-order valence-electron chi connectivity index (χ4n) is 0.958. The summed E-state index contributed by atoms with van der Waals surface area (Å²) >= 11 is 3.36. The number of halogens is 1. The first-order chi connectivity index (χ1) is 6.40. The van der Waals surface area contributed by atoms with Gasteiger partial charge in [-0.2, -0.15) is 5.10 Å². The Bertz CT molecular complexity index is 368. The lowest BCUT2D eigenvalue weighted by Crippen LogP contribution is -1.97. The molecule has 66 valence electrons. The van der Waals surface area contributed by atoms with Crippen molar-refractivity contribution < 1.29 is 0 Å². The molecule has 0 spiro atoms. The molecule has 4 nitrogen and oxygen atoms in total. The number of alkyl halides is 1. The van der Waals surface area contributed by atoms with Crippen molar-refractivity contribution in [2.75, 3.05) is 0 Å². The first-order valence-electron chi connectivity index (χ1n) is 3.76. The second kappa shape index (κ2) is 3.66. The molecule has 0 unspecified atom stereocenters. The van der Waals surface area contributed by atoms with Crippen LogP contribution in [0.3, 0.4) is 0 Å². The molecule has 0 saturated heterocycles. The van der Waals surface area contributed by atoms with Gasteiger partial charge in [-0.05, 0) is 11.6 Å². The zero-order valence-corrected chi connectivity index (χ0v) is 8.35. The molecule has 0 aliphatic carbocycles. The van der Waals surface area contributed by atoms with Crippen molar-refractivity contribution in [1.29, 1.82) is 0 Å². The maximum absolute atomic E-state index is 4.22. The molecule has 0 amide bonds. The molecule has 13 heavy (non-hydrogen) atoms. The van der Waals surface area contributed by atoms with E-state index in [2.05, 4.69) is 31.0 Å². The van der Waals surface area contributed by atoms with Gasteiger partial charge in [-0.1, -0.05) is 22.0 Å². The average molecular weight is 239 g/mol. The second-order valence-electron chi connectivity index (χ2n) is 2.50. The SMILES string of the molecule is BrCc1ccc(-n2cncn2)nc1. The van der Waals surface area contributed by atoms with E-state index in [9.17, 15) is 0 Å². The standard InChI is InChI=1S/C8H7BrN4/c9-3-7-1-2-8(11-4-7)13-6-10-5-12-13/h1-2,4-6H,3H2. The van der Waals surface area contributed by atoms with E-state index in [1.54, 1.807) is 11.0 Å². The second-order valence-corrected chi connectivity index (χ2v) is 3.06. The van der Waals surface area contributed by atoms with E-state index in [1.165, 1.54) is 6.33 Å². The van der Waals surface area contributed by atoms with Crippen molar-refractivity contribution in [2.45, 2.75) is 5.33 Å². The third-order valence-electron chi connectivity index (χ3n) is 1.62. The Labute approximate surface area is 83.8 Å². The Morgan fingerprint density at radius 1 is 1.38 bits per heavy atom. The van der Waals surface area contributed by atoms with Gasteiger partial charge in [-0.3, -0.25) is 0 Å². The molecule has 0 saturated carbocycles. The third-order valence-corrected chi connectivity index (χ3v) is 2.26. The van der Waals surface area contributed by atoms with Crippen LogP contribution in [0, 0.1) is 0 Å². The van der Waals surface area contributed by atoms with Gasteiger partial charge in [0.1, 0.15) is 12.7 Å². The van der Waals surface area contributed by atoms with Gasteiger partial charge in [-0.15, -0.1) is 0 Å². The molecule has 0 aromatic carbocycles. The lowest BCUT2D eigenvalue weighted by atomic mass is 10.3. The van der Waals surface area contributed by atoms with Crippen LogP contribution in [0.1, 0.15) is 5.56 Å². The van der Waals surface area contributed by atoms with Crippen LogP contribution < -0.4 is 0 Å². The molecule has 5 heteroatoms. The van der Waals surface area contributed by atoms with Crippen LogP contribution in [0.2, 0.25) is 0 Å². The molecule has 2 aromatic rings. The molecule has 2 heterocycles. The molecule has 0 fully saturated rings. The summed E-state index contributed by atoms with van der Waals surface area (Å²) in [5, 5.41) is 4.79. The van der Waals surface area contributed by atoms with Crippen LogP contribution in [0.25, 0.3) is 5.82 Å². The fourth-order valence-corrected chi connectivity index (χ4v) is 1.29. The maximum atomic E-state index is 4.22. The lowest BCUT2D eigenvalue weighted by molar-refractivity contribution is 0.843. The Kier molecular flexibility index (Phi) is 2.35. The van der Waals surface area contributed by atoms with Gasteiger partial charge < -0.3 is 0 Å². The quantitative estimate of drug-likeness (QED) is 0.747. The van der Waals surface area contributed by atoms with Gasteiger partial charge in [0.05, 0.1) is 0 Å². The van der Waals surface area contributed by atoms with E-state index >= 15 is 0 Å². The number of rotatable bonds is 2. The van der Waals surface area contributed by atoms with Crippen molar-refractivity contribution in [3.63, 3.8) is 0 Å². The van der Waals surface area contributed by atoms with Gasteiger partial charge in [0.25, 0.3) is 0 Å². The first kappa shape index (κ1) is 8.37. The van der Waals surface area contributed by atoms with Gasteiger partial charge in [0.2, 0.25) is 0 Å². The molecule has 0 N–H and O–H groups in total. The summed E-state index contributed by atoms with van der Waals surface area (Å²) in [6.07, 6.45) is 4.92. The lowest BCUT2D eigenvalue weighted by Gasteiger charge is -1.99. The highest BCUT2D eigenvalue weighted by Gasteiger charge is 1.97. The van der Waals surface area contributed by atoms with Gasteiger partial charge in [-0.25, -0.2) is 14.6 Å². The van der Waals surface area contributed by atoms with Crippen LogP contribution in [0.5, 0.6) is 0 Å². The summed E-state index contributed by atoms with van der Waals surface area (Å²) in [5.41, 5.74) is 1.14. The van der Waals surface area contributed by atoms with Gasteiger partial charge in [0, 0.05) is 11.5 Å². The molecule has 2 aromatic heterocycles. The average Bonchev–Trinajstić information content (AvgIpc) is 2.71. The predicted octanol–water partition coefficient (Wildman–Crippen LogP) is 1.56. The smallest absolute Gasteiger partial charge is 0.155 e. The molecule has 0 atom stereocenters. The van der Waals surface area contributed by atoms with Gasteiger partial charge >= 0.3 is 0 Å². The highest BCUT2D eigenvalue weighted by atomic mass is 79.9. The minimum absolute atomic E-state index is 0.780. The Hall–Kier alpha value is -1.23. The van der Waals surface area contributed by atoms with Crippen molar-refractivity contribution >= 4 is 15.9 Å². The monoisotopic (exact) mass is 238 g/mol. The van der Waals surface area contributed by atoms with Crippen LogP contribution in [-0.2, 0) is 5.33 Å². The third kappa shape index (κ3) is 1.75. The number of hydrogen-bond donors (Lipinski definition) is 0. The van der Waals surface area contributed by atoms with E-state index in [1.807, 2.05) is 18.3 Å². The summed E-state index contributed by atoms with van der Waals surface area (Å²) in [5.74, 6) is 0.780. The van der Waals surface area contributed by atoms with Crippen LogP contribution in [-0.4, -0.2) is 19.7 Å². The van der Waals surface area contributed by atoms with Crippen molar-refractivity contribution in [1.82, 2.24) is 19.7 Å². The van der Waals surface area contributed by atoms with Crippen LogP contribution in [0.15, 0.2) is 31.0 Å². The molecule has 2 rings (SSSR count). The molecular formula is C8H7BrN4. The van der Waals surface area contributed by atoms with Crippen molar-refractivity contribution in [2.24, 2.45) is 0 Å². The molecule has 0 radical (unpaired) electrons. The largest absolute Gasteiger partial charge is 0.237 e. The minimum atomic E-state index is 0.780. The number of nitrogens with zero attached hydrogens (tertiary/aromatic N) is 4. The fraction of sp³-hybridized carbons (Fsp3) is 0.125. The summed E-state index contributed by atoms with van der Waals surface area (Å²) < 4.78 is 1.62. The molecule has 0 aliphatic rings. The highest BCUT2D eigenvalue weighted by molar-refractivity contribution is 9.08. The Balaban J connectivity index is 2.33. The highest BCUT2D eigenvalue weighted by Crippen LogP contribution is 2.06. The number of aromatic nitrogens is 4. The van der Waals surface area contributed by atoms with Crippen LogP contribution >= 0.6 is 15.9 Å². The summed E-state index contributed by atoms with van der Waals surface area (Å²) in [6, 6.07) is 3.91. The van der Waals surface area contributed by atoms with E-state index in [0.717, 1.165) is 16.7 Å². The zero-order chi connectivity index (χ0) is 9.10. The molecule has 0 aliphatic heterocycles. The van der Waals surface area contributed by atoms with E-state index < -0.39 is 0 Å². The van der Waals surface area contributed by atoms with E-state index in [-0.39, 0.29) is 0 Å². The number of pyridine rings is 1. The number of hydrogen-bond acceptors (Lipinski definition) is 3. The zero-order valence-electron chi connectivity index (χ0n) is 6.76. The van der Waals surface area contributed by atoms with E-state index in [4.69, 9.17) is 0 Å². The normalized spacial score (nSPS) is 10.2. The van der Waals surface area contributed by atoms with Crippen LogP contribution in [0.4, 0.5) is 0 Å². The summed E-state index contributed by atoms with van der Waals surface area (Å²) in [6.45, 7) is 0. The summed E-state index contributed by atoms with van der Waals surface area (Å²) in [7, 11) is 0. The van der Waals surface area contributed by atoms with Crippen molar-refractivity contribution in [3.05, 3.63) is 36.5 Å². The molecule has 0 bridgehead atoms. The maximum Gasteiger partial charge on any atom is 0.155 e. The molecular weight excluding hydrogens is 232 g/mol. The minimum Gasteiger partial charge on any atom is -0.237 e. The first-order valence-corrected chi connectivity index (χ1v) is 4.88. The topological polar surface area (TPSA) is 43.6 Å². The van der Waals surface area contributed by atoms with Gasteiger partial charge in [0.15, 0.2) is 5.82 Å². The Morgan fingerprint density at radius 2 is 2.31 bits per heavy atom.